The topological polar surface area (TPSA) is 40.5 Å². The number of piperidine rings is 1. The Bertz CT molecular complexity index is 812. The molecule has 3 aromatic rings. The zero-order valence-corrected chi connectivity index (χ0v) is 15.9. The van der Waals surface area contributed by atoms with Gasteiger partial charge in [-0.2, -0.15) is 0 Å². The summed E-state index contributed by atoms with van der Waals surface area (Å²) in [6.07, 6.45) is 1.62. The van der Waals surface area contributed by atoms with Gasteiger partial charge >= 0.3 is 5.97 Å². The molecule has 3 nitrogen and oxygen atoms in total. The Morgan fingerprint density at radius 2 is 1.21 bits per heavy atom. The molecule has 1 fully saturated rings. The summed E-state index contributed by atoms with van der Waals surface area (Å²) in [7, 11) is 0. The highest BCUT2D eigenvalue weighted by Gasteiger charge is 2.44. The van der Waals surface area contributed by atoms with Crippen LogP contribution in [-0.4, -0.2) is 29.1 Å². The van der Waals surface area contributed by atoms with Crippen LogP contribution < -0.4 is 0 Å². The molecule has 28 heavy (non-hydrogen) atoms. The van der Waals surface area contributed by atoms with Crippen molar-refractivity contribution in [1.82, 2.24) is 4.90 Å². The zero-order valence-electron chi connectivity index (χ0n) is 15.9. The number of carbonyl (C=O) groups is 1. The summed E-state index contributed by atoms with van der Waals surface area (Å²) < 4.78 is 0. The zero-order chi connectivity index (χ0) is 19.4. The van der Waals surface area contributed by atoms with Crippen molar-refractivity contribution in [2.75, 3.05) is 13.1 Å². The number of likely N-dealkylation sites (tertiary alicyclic amines) is 1. The Hall–Kier alpha value is -2.91. The van der Waals surface area contributed by atoms with Crippen molar-refractivity contribution in [1.29, 1.82) is 0 Å². The van der Waals surface area contributed by atoms with Crippen molar-refractivity contribution in [3.63, 3.8) is 0 Å². The van der Waals surface area contributed by atoms with E-state index < -0.39 is 11.5 Å². The fraction of sp³-hybridized carbons (Fsp3) is 0.240. The number of hydrogen-bond acceptors (Lipinski definition) is 2. The second kappa shape index (κ2) is 7.99. The third-order valence-corrected chi connectivity index (χ3v) is 5.82. The molecule has 1 aliphatic rings. The van der Waals surface area contributed by atoms with Crippen LogP contribution in [0.15, 0.2) is 91.0 Å². The van der Waals surface area contributed by atoms with Gasteiger partial charge < -0.3 is 5.11 Å². The van der Waals surface area contributed by atoms with Crippen molar-refractivity contribution < 1.29 is 9.90 Å². The van der Waals surface area contributed by atoms with E-state index in [2.05, 4.69) is 77.7 Å². The van der Waals surface area contributed by atoms with Crippen LogP contribution in [0.5, 0.6) is 0 Å². The third kappa shape index (κ3) is 3.23. The second-order valence-corrected chi connectivity index (χ2v) is 7.43. The predicted molar refractivity (Wildman–Crippen MR) is 111 cm³/mol. The first kappa shape index (κ1) is 18.5. The normalized spacial score (nSPS) is 17.9. The average molecular weight is 371 g/mol. The van der Waals surface area contributed by atoms with Crippen LogP contribution in [0.4, 0.5) is 0 Å². The van der Waals surface area contributed by atoms with Crippen LogP contribution in [0.2, 0.25) is 0 Å². The first-order chi connectivity index (χ1) is 13.7. The van der Waals surface area contributed by atoms with Crippen LogP contribution in [0.1, 0.15) is 29.5 Å². The number of nitrogens with zero attached hydrogens (tertiary/aromatic N) is 1. The first-order valence-corrected chi connectivity index (χ1v) is 9.87. The van der Waals surface area contributed by atoms with Crippen LogP contribution in [0, 0.1) is 5.92 Å². The largest absolute Gasteiger partial charge is 0.481 e. The monoisotopic (exact) mass is 371 g/mol. The van der Waals surface area contributed by atoms with Gasteiger partial charge in [-0.15, -0.1) is 0 Å². The molecule has 0 radical (unpaired) electrons. The number of carboxylic acid groups (broad SMARTS) is 1. The maximum atomic E-state index is 11.8. The van der Waals surface area contributed by atoms with Crippen LogP contribution in [0.3, 0.4) is 0 Å². The van der Waals surface area contributed by atoms with Crippen LogP contribution in [-0.2, 0) is 10.3 Å². The molecule has 1 atom stereocenters. The summed E-state index contributed by atoms with van der Waals surface area (Å²) in [5.74, 6) is -1.04. The summed E-state index contributed by atoms with van der Waals surface area (Å²) in [6, 6.07) is 31.4. The van der Waals surface area contributed by atoms with Crippen molar-refractivity contribution in [3.05, 3.63) is 108 Å². The van der Waals surface area contributed by atoms with E-state index >= 15 is 0 Å². The predicted octanol–water partition coefficient (Wildman–Crippen LogP) is 4.78. The van der Waals surface area contributed by atoms with Gasteiger partial charge in [0.25, 0.3) is 0 Å². The van der Waals surface area contributed by atoms with Gasteiger partial charge in [0.2, 0.25) is 0 Å². The molecule has 0 unspecified atom stereocenters. The number of benzene rings is 3. The SMILES string of the molecule is O=C(O)[C@H]1CCCN(C(c2ccccc2)(c2ccccc2)c2ccccc2)C1. The molecule has 0 aromatic heterocycles. The minimum atomic E-state index is -0.701. The molecule has 142 valence electrons. The van der Waals surface area contributed by atoms with Gasteiger partial charge in [0.15, 0.2) is 0 Å². The smallest absolute Gasteiger partial charge is 0.307 e. The number of rotatable bonds is 5. The minimum Gasteiger partial charge on any atom is -0.481 e. The highest BCUT2D eigenvalue weighted by molar-refractivity contribution is 5.70. The second-order valence-electron chi connectivity index (χ2n) is 7.43. The lowest BCUT2D eigenvalue weighted by atomic mass is 9.74. The molecule has 1 aliphatic heterocycles. The molecule has 0 saturated carbocycles. The Morgan fingerprint density at radius 3 is 1.61 bits per heavy atom. The van der Waals surface area contributed by atoms with Gasteiger partial charge in [-0.05, 0) is 36.1 Å². The molecular formula is C25H25NO2. The van der Waals surface area contributed by atoms with Gasteiger partial charge in [0.1, 0.15) is 0 Å². The highest BCUT2D eigenvalue weighted by Crippen LogP contribution is 2.44. The quantitative estimate of drug-likeness (QED) is 0.657. The molecule has 0 aliphatic carbocycles. The molecule has 1 saturated heterocycles. The minimum absolute atomic E-state index is 0.343. The fourth-order valence-electron chi connectivity index (χ4n) is 4.57. The number of carboxylic acids is 1. The summed E-state index contributed by atoms with van der Waals surface area (Å²) in [5.41, 5.74) is 2.98. The fourth-order valence-corrected chi connectivity index (χ4v) is 4.57. The van der Waals surface area contributed by atoms with Crippen molar-refractivity contribution in [2.24, 2.45) is 5.92 Å². The number of hydrogen-bond donors (Lipinski definition) is 1. The Balaban J connectivity index is 1.97. The molecule has 4 rings (SSSR count). The number of aliphatic carboxylic acids is 1. The highest BCUT2D eigenvalue weighted by atomic mass is 16.4. The van der Waals surface area contributed by atoms with E-state index in [9.17, 15) is 9.90 Å². The van der Waals surface area contributed by atoms with Gasteiger partial charge in [-0.1, -0.05) is 91.0 Å². The Kier molecular flexibility index (Phi) is 5.27. The molecular weight excluding hydrogens is 346 g/mol. The standard InChI is InChI=1S/C25H25NO2/c27-24(28)20-11-10-18-26(19-20)25(21-12-4-1-5-13-21,22-14-6-2-7-15-22)23-16-8-3-9-17-23/h1-9,12-17,20H,10-11,18-19H2,(H,27,28)/t20-/m0/s1. The van der Waals surface area contributed by atoms with Gasteiger partial charge in [-0.25, -0.2) is 0 Å². The lowest BCUT2D eigenvalue weighted by molar-refractivity contribution is -0.144. The van der Waals surface area contributed by atoms with E-state index in [-0.39, 0.29) is 5.92 Å². The van der Waals surface area contributed by atoms with E-state index in [0.29, 0.717) is 6.54 Å². The first-order valence-electron chi connectivity index (χ1n) is 9.87. The van der Waals surface area contributed by atoms with E-state index in [4.69, 9.17) is 0 Å². The maximum Gasteiger partial charge on any atom is 0.307 e. The Labute approximate surface area is 166 Å². The van der Waals surface area contributed by atoms with Gasteiger partial charge in [0, 0.05) is 6.54 Å². The average Bonchev–Trinajstić information content (AvgIpc) is 2.77. The van der Waals surface area contributed by atoms with Crippen molar-refractivity contribution in [2.45, 2.75) is 18.4 Å². The third-order valence-electron chi connectivity index (χ3n) is 5.82. The molecule has 1 heterocycles. The van der Waals surface area contributed by atoms with Crippen molar-refractivity contribution >= 4 is 5.97 Å². The van der Waals surface area contributed by atoms with Crippen LogP contribution >= 0.6 is 0 Å². The molecule has 1 N–H and O–H groups in total. The van der Waals surface area contributed by atoms with E-state index in [0.717, 1.165) is 19.4 Å². The van der Waals surface area contributed by atoms with Crippen molar-refractivity contribution in [3.8, 4) is 0 Å². The summed E-state index contributed by atoms with van der Waals surface area (Å²) in [5, 5.41) is 9.71. The van der Waals surface area contributed by atoms with E-state index in [1.165, 1.54) is 16.7 Å². The van der Waals surface area contributed by atoms with E-state index in [1.807, 2.05) is 18.2 Å². The molecule has 0 amide bonds. The molecule has 0 spiro atoms. The van der Waals surface area contributed by atoms with Gasteiger partial charge in [0.05, 0.1) is 11.5 Å². The Morgan fingerprint density at radius 1 is 0.786 bits per heavy atom. The van der Waals surface area contributed by atoms with Gasteiger partial charge in [-0.3, -0.25) is 9.69 Å². The summed E-state index contributed by atoms with van der Waals surface area (Å²) in [6.45, 7) is 1.40. The molecule has 3 heteroatoms. The molecule has 0 bridgehead atoms. The lowest BCUT2D eigenvalue weighted by Crippen LogP contribution is -2.53. The lowest BCUT2D eigenvalue weighted by Gasteiger charge is -2.48. The molecule has 3 aromatic carbocycles. The summed E-state index contributed by atoms with van der Waals surface area (Å²) >= 11 is 0. The van der Waals surface area contributed by atoms with Crippen LogP contribution in [0.25, 0.3) is 0 Å². The maximum absolute atomic E-state index is 11.8. The van der Waals surface area contributed by atoms with E-state index in [1.54, 1.807) is 0 Å². The summed E-state index contributed by atoms with van der Waals surface area (Å²) in [4.78, 5) is 14.2.